The summed E-state index contributed by atoms with van der Waals surface area (Å²) in [6, 6.07) is 0. The first kappa shape index (κ1) is 18.5. The molecule has 0 aliphatic rings. The Morgan fingerprint density at radius 3 is 2.35 bits per heavy atom. The van der Waals surface area contributed by atoms with Gasteiger partial charge in [0.05, 0.1) is 6.61 Å². The fraction of sp³-hybridized carbons (Fsp3) is 0.733. The molecule has 0 saturated heterocycles. The van der Waals surface area contributed by atoms with Crippen LogP contribution in [-0.4, -0.2) is 30.8 Å². The molecule has 0 atom stereocenters. The second kappa shape index (κ2) is 9.39. The Morgan fingerprint density at radius 2 is 1.80 bits per heavy atom. The molecular formula is C15H27NO4. The van der Waals surface area contributed by atoms with Crippen LogP contribution in [0.25, 0.3) is 0 Å². The molecule has 0 aliphatic heterocycles. The van der Waals surface area contributed by atoms with E-state index in [1.54, 1.807) is 6.92 Å². The summed E-state index contributed by atoms with van der Waals surface area (Å²) >= 11 is 0. The molecule has 0 aliphatic carbocycles. The van der Waals surface area contributed by atoms with E-state index in [4.69, 9.17) is 9.47 Å². The van der Waals surface area contributed by atoms with E-state index in [1.165, 1.54) is 0 Å². The van der Waals surface area contributed by atoms with Crippen molar-refractivity contribution in [3.05, 3.63) is 12.2 Å². The van der Waals surface area contributed by atoms with Crippen LogP contribution >= 0.6 is 0 Å². The van der Waals surface area contributed by atoms with Gasteiger partial charge in [0.1, 0.15) is 5.60 Å². The topological polar surface area (TPSA) is 64.6 Å². The molecule has 0 spiro atoms. The monoisotopic (exact) mass is 285 g/mol. The van der Waals surface area contributed by atoms with Gasteiger partial charge in [-0.25, -0.2) is 9.59 Å². The van der Waals surface area contributed by atoms with E-state index in [1.807, 2.05) is 20.8 Å². The number of rotatable bonds is 8. The van der Waals surface area contributed by atoms with E-state index in [2.05, 4.69) is 11.9 Å². The number of ether oxygens (including phenoxy) is 2. The number of amides is 1. The molecule has 5 heteroatoms. The molecule has 0 heterocycles. The van der Waals surface area contributed by atoms with Crippen molar-refractivity contribution in [2.45, 2.75) is 59.0 Å². The number of carbonyl (C=O) groups excluding carboxylic acids is 2. The molecule has 20 heavy (non-hydrogen) atoms. The average Bonchev–Trinajstić information content (AvgIpc) is 2.31. The zero-order valence-electron chi connectivity index (χ0n) is 13.1. The van der Waals surface area contributed by atoms with Crippen LogP contribution in [0.4, 0.5) is 4.79 Å². The smallest absolute Gasteiger partial charge is 0.407 e. The highest BCUT2D eigenvalue weighted by molar-refractivity contribution is 5.87. The molecule has 0 aromatic rings. The fourth-order valence-corrected chi connectivity index (χ4v) is 1.48. The van der Waals surface area contributed by atoms with Crippen molar-refractivity contribution in [2.24, 2.45) is 0 Å². The summed E-state index contributed by atoms with van der Waals surface area (Å²) in [5.74, 6) is -0.320. The lowest BCUT2D eigenvalue weighted by Gasteiger charge is -2.19. The molecule has 0 aromatic heterocycles. The first-order chi connectivity index (χ1) is 9.26. The molecule has 0 aromatic carbocycles. The Kier molecular flexibility index (Phi) is 8.68. The maximum Gasteiger partial charge on any atom is 0.407 e. The van der Waals surface area contributed by atoms with Gasteiger partial charge in [-0.05, 0) is 47.0 Å². The van der Waals surface area contributed by atoms with E-state index in [9.17, 15) is 9.59 Å². The Balaban J connectivity index is 3.56. The van der Waals surface area contributed by atoms with Gasteiger partial charge < -0.3 is 14.8 Å². The minimum Gasteiger partial charge on any atom is -0.463 e. The van der Waals surface area contributed by atoms with Crippen molar-refractivity contribution < 1.29 is 19.1 Å². The molecule has 0 unspecified atom stereocenters. The van der Waals surface area contributed by atoms with Gasteiger partial charge in [0.15, 0.2) is 0 Å². The number of unbranched alkanes of at least 4 members (excludes halogenated alkanes) is 2. The number of esters is 1. The highest BCUT2D eigenvalue weighted by Gasteiger charge is 2.15. The van der Waals surface area contributed by atoms with Gasteiger partial charge in [-0.3, -0.25) is 0 Å². The van der Waals surface area contributed by atoms with Gasteiger partial charge in [0, 0.05) is 12.1 Å². The van der Waals surface area contributed by atoms with Crippen LogP contribution in [0.3, 0.4) is 0 Å². The van der Waals surface area contributed by atoms with Crippen molar-refractivity contribution in [2.75, 3.05) is 13.2 Å². The Bertz CT molecular complexity index is 331. The fourth-order valence-electron chi connectivity index (χ4n) is 1.48. The maximum absolute atomic E-state index is 11.4. The summed E-state index contributed by atoms with van der Waals surface area (Å²) in [6.45, 7) is 11.9. The SMILES string of the molecule is C=C(CCCCCNC(=O)OC(C)(C)C)C(=O)OCC. The molecular weight excluding hydrogens is 258 g/mol. The standard InChI is InChI=1S/C15H27NO4/c1-6-19-13(17)12(2)10-8-7-9-11-16-14(18)20-15(3,4)5/h2,6-11H2,1,3-5H3,(H,16,18). The summed E-state index contributed by atoms with van der Waals surface area (Å²) in [5, 5.41) is 2.70. The number of alkyl carbamates (subject to hydrolysis) is 1. The second-order valence-electron chi connectivity index (χ2n) is 5.56. The third-order valence-corrected chi connectivity index (χ3v) is 2.39. The van der Waals surface area contributed by atoms with Crippen LogP contribution in [0.2, 0.25) is 0 Å². The Morgan fingerprint density at radius 1 is 1.15 bits per heavy atom. The van der Waals surface area contributed by atoms with Crippen molar-refractivity contribution in [1.82, 2.24) is 5.32 Å². The van der Waals surface area contributed by atoms with Crippen LogP contribution in [0, 0.1) is 0 Å². The average molecular weight is 285 g/mol. The molecule has 1 amide bonds. The molecule has 0 bridgehead atoms. The van der Waals surface area contributed by atoms with Crippen LogP contribution in [-0.2, 0) is 14.3 Å². The van der Waals surface area contributed by atoms with E-state index >= 15 is 0 Å². The lowest BCUT2D eigenvalue weighted by Crippen LogP contribution is -2.32. The highest BCUT2D eigenvalue weighted by Crippen LogP contribution is 2.09. The number of nitrogens with one attached hydrogen (secondary N) is 1. The van der Waals surface area contributed by atoms with Crippen LogP contribution in [0.15, 0.2) is 12.2 Å². The van der Waals surface area contributed by atoms with Crippen molar-refractivity contribution >= 4 is 12.1 Å². The highest BCUT2D eigenvalue weighted by atomic mass is 16.6. The van der Waals surface area contributed by atoms with Gasteiger partial charge in [-0.2, -0.15) is 0 Å². The first-order valence-electron chi connectivity index (χ1n) is 7.08. The molecule has 0 fully saturated rings. The molecule has 116 valence electrons. The third-order valence-electron chi connectivity index (χ3n) is 2.39. The van der Waals surface area contributed by atoms with E-state index in [0.717, 1.165) is 19.3 Å². The van der Waals surface area contributed by atoms with Crippen LogP contribution in [0.5, 0.6) is 0 Å². The summed E-state index contributed by atoms with van der Waals surface area (Å²) in [7, 11) is 0. The molecule has 0 radical (unpaired) electrons. The minimum atomic E-state index is -0.471. The molecule has 0 rings (SSSR count). The van der Waals surface area contributed by atoms with E-state index < -0.39 is 11.7 Å². The Hall–Kier alpha value is -1.52. The maximum atomic E-state index is 11.4. The van der Waals surface area contributed by atoms with Gasteiger partial charge in [-0.1, -0.05) is 13.0 Å². The second-order valence-corrected chi connectivity index (χ2v) is 5.56. The van der Waals surface area contributed by atoms with E-state index in [0.29, 0.717) is 25.1 Å². The van der Waals surface area contributed by atoms with Crippen LogP contribution < -0.4 is 5.32 Å². The zero-order chi connectivity index (χ0) is 15.6. The van der Waals surface area contributed by atoms with Crippen molar-refractivity contribution in [1.29, 1.82) is 0 Å². The Labute approximate surface area is 121 Å². The number of carbonyl (C=O) groups is 2. The van der Waals surface area contributed by atoms with Gasteiger partial charge >= 0.3 is 12.1 Å². The van der Waals surface area contributed by atoms with Gasteiger partial charge in [0.25, 0.3) is 0 Å². The molecule has 5 nitrogen and oxygen atoms in total. The van der Waals surface area contributed by atoms with Crippen molar-refractivity contribution in [3.63, 3.8) is 0 Å². The summed E-state index contributed by atoms with van der Waals surface area (Å²) in [4.78, 5) is 22.6. The first-order valence-corrected chi connectivity index (χ1v) is 7.08. The third kappa shape index (κ3) is 10.4. The summed E-state index contributed by atoms with van der Waals surface area (Å²) in [6.07, 6.45) is 2.84. The lowest BCUT2D eigenvalue weighted by atomic mass is 10.1. The molecule has 1 N–H and O–H groups in total. The van der Waals surface area contributed by atoms with E-state index in [-0.39, 0.29) is 5.97 Å². The summed E-state index contributed by atoms with van der Waals surface area (Å²) in [5.41, 5.74) is 0.0357. The van der Waals surface area contributed by atoms with Crippen molar-refractivity contribution in [3.8, 4) is 0 Å². The minimum absolute atomic E-state index is 0.320. The van der Waals surface area contributed by atoms with Gasteiger partial charge in [-0.15, -0.1) is 0 Å². The molecule has 0 saturated carbocycles. The number of hydrogen-bond donors (Lipinski definition) is 1. The predicted molar refractivity (Wildman–Crippen MR) is 78.5 cm³/mol. The quantitative estimate of drug-likeness (QED) is 0.422. The number of hydrogen-bond acceptors (Lipinski definition) is 4. The summed E-state index contributed by atoms with van der Waals surface area (Å²) < 4.78 is 9.96. The normalized spacial score (nSPS) is 10.8. The lowest BCUT2D eigenvalue weighted by molar-refractivity contribution is -0.138. The predicted octanol–water partition coefficient (Wildman–Crippen LogP) is 3.19. The largest absolute Gasteiger partial charge is 0.463 e. The van der Waals surface area contributed by atoms with Crippen LogP contribution in [0.1, 0.15) is 53.4 Å². The van der Waals surface area contributed by atoms with Gasteiger partial charge in [0.2, 0.25) is 0 Å². The zero-order valence-corrected chi connectivity index (χ0v) is 13.1.